The molecule has 0 saturated carbocycles. The van der Waals surface area contributed by atoms with Crippen molar-refractivity contribution in [2.24, 2.45) is 0 Å². The molecule has 0 bridgehead atoms. The lowest BCUT2D eigenvalue weighted by molar-refractivity contribution is -0.136. The van der Waals surface area contributed by atoms with E-state index in [-0.39, 0.29) is 11.1 Å². The fraction of sp³-hybridized carbons (Fsp3) is 0.111. The second-order valence-corrected chi connectivity index (χ2v) is 2.35. The van der Waals surface area contributed by atoms with Gasteiger partial charge in [0.1, 0.15) is 0 Å². The van der Waals surface area contributed by atoms with Crippen LogP contribution in [0.3, 0.4) is 0 Å². The van der Waals surface area contributed by atoms with Crippen LogP contribution in [0.1, 0.15) is 6.92 Å². The van der Waals surface area contributed by atoms with Crippen molar-refractivity contribution in [3.63, 3.8) is 0 Å². The average molecular weight is 182 g/mol. The summed E-state index contributed by atoms with van der Waals surface area (Å²) < 4.78 is 0. The Morgan fingerprint density at radius 1 is 1.23 bits per heavy atom. The standard InChI is InChI=1S/C9H10O4/c1-4-5(2)7(9(12)13)6(3)8(10)11/h4H,1,3H2,2H3,(H,10,11)(H,12,13)/b7-5+. The molecule has 0 heterocycles. The predicted octanol–water partition coefficient (Wildman–Crippen LogP) is 1.21. The maximum atomic E-state index is 10.6. The number of rotatable bonds is 4. The summed E-state index contributed by atoms with van der Waals surface area (Å²) in [6.07, 6.45) is 1.28. The molecule has 0 saturated heterocycles. The van der Waals surface area contributed by atoms with E-state index in [0.717, 1.165) is 0 Å². The van der Waals surface area contributed by atoms with E-state index in [0.29, 0.717) is 0 Å². The minimum Gasteiger partial charge on any atom is -0.478 e. The summed E-state index contributed by atoms with van der Waals surface area (Å²) in [5.74, 6) is -2.66. The summed E-state index contributed by atoms with van der Waals surface area (Å²) >= 11 is 0. The Balaban J connectivity index is 5.30. The van der Waals surface area contributed by atoms with Crippen LogP contribution in [0.15, 0.2) is 36.0 Å². The second-order valence-electron chi connectivity index (χ2n) is 2.35. The third kappa shape index (κ3) is 2.59. The van der Waals surface area contributed by atoms with Crippen molar-refractivity contribution in [1.82, 2.24) is 0 Å². The molecule has 4 heteroatoms. The highest BCUT2D eigenvalue weighted by Gasteiger charge is 2.18. The number of aliphatic carboxylic acids is 2. The molecule has 0 radical (unpaired) electrons. The molecule has 13 heavy (non-hydrogen) atoms. The van der Waals surface area contributed by atoms with Crippen molar-refractivity contribution in [2.75, 3.05) is 0 Å². The highest BCUT2D eigenvalue weighted by atomic mass is 16.4. The molecule has 4 nitrogen and oxygen atoms in total. The Bertz CT molecular complexity index is 310. The highest BCUT2D eigenvalue weighted by Crippen LogP contribution is 2.14. The maximum absolute atomic E-state index is 10.6. The zero-order chi connectivity index (χ0) is 10.6. The van der Waals surface area contributed by atoms with Crippen molar-refractivity contribution in [2.45, 2.75) is 6.92 Å². The van der Waals surface area contributed by atoms with E-state index in [4.69, 9.17) is 10.2 Å². The number of hydrogen-bond acceptors (Lipinski definition) is 2. The highest BCUT2D eigenvalue weighted by molar-refractivity contribution is 6.05. The third-order valence-corrected chi connectivity index (χ3v) is 1.47. The Morgan fingerprint density at radius 2 is 1.69 bits per heavy atom. The first-order valence-corrected chi connectivity index (χ1v) is 3.41. The summed E-state index contributed by atoms with van der Waals surface area (Å²) in [5, 5.41) is 17.2. The lowest BCUT2D eigenvalue weighted by Crippen LogP contribution is -2.11. The first kappa shape index (κ1) is 11.2. The Morgan fingerprint density at radius 3 is 1.92 bits per heavy atom. The molecular formula is C9H10O4. The van der Waals surface area contributed by atoms with Crippen LogP contribution in [0.25, 0.3) is 0 Å². The van der Waals surface area contributed by atoms with Crippen molar-refractivity contribution < 1.29 is 19.8 Å². The van der Waals surface area contributed by atoms with Crippen LogP contribution < -0.4 is 0 Å². The molecule has 0 fully saturated rings. The fourth-order valence-corrected chi connectivity index (χ4v) is 0.745. The largest absolute Gasteiger partial charge is 0.478 e. The minimum atomic E-state index is -1.35. The topological polar surface area (TPSA) is 74.6 Å². The van der Waals surface area contributed by atoms with E-state index in [1.807, 2.05) is 0 Å². The number of allylic oxidation sites excluding steroid dienone is 2. The van der Waals surface area contributed by atoms with Gasteiger partial charge in [-0.1, -0.05) is 19.2 Å². The zero-order valence-electron chi connectivity index (χ0n) is 7.20. The second kappa shape index (κ2) is 4.25. The van der Waals surface area contributed by atoms with Crippen LogP contribution in [0, 0.1) is 0 Å². The van der Waals surface area contributed by atoms with Gasteiger partial charge >= 0.3 is 11.9 Å². The Labute approximate surface area is 75.5 Å². The summed E-state index contributed by atoms with van der Waals surface area (Å²) in [6.45, 7) is 7.97. The van der Waals surface area contributed by atoms with Gasteiger partial charge in [0, 0.05) is 0 Å². The van der Waals surface area contributed by atoms with Gasteiger partial charge in [-0.25, -0.2) is 9.59 Å². The molecule has 0 aromatic heterocycles. The maximum Gasteiger partial charge on any atom is 0.336 e. The van der Waals surface area contributed by atoms with Crippen LogP contribution >= 0.6 is 0 Å². The van der Waals surface area contributed by atoms with Gasteiger partial charge in [-0.3, -0.25) is 0 Å². The van der Waals surface area contributed by atoms with Gasteiger partial charge in [0.2, 0.25) is 0 Å². The molecule has 0 amide bonds. The van der Waals surface area contributed by atoms with E-state index in [9.17, 15) is 9.59 Å². The van der Waals surface area contributed by atoms with Gasteiger partial charge in [0.15, 0.2) is 0 Å². The van der Waals surface area contributed by atoms with E-state index in [1.54, 1.807) is 0 Å². The molecule has 0 spiro atoms. The summed E-state index contributed by atoms with van der Waals surface area (Å²) in [5.41, 5.74) is -0.479. The van der Waals surface area contributed by atoms with Crippen molar-refractivity contribution in [3.05, 3.63) is 36.0 Å². The third-order valence-electron chi connectivity index (χ3n) is 1.47. The van der Waals surface area contributed by atoms with Gasteiger partial charge in [-0.05, 0) is 12.5 Å². The van der Waals surface area contributed by atoms with Gasteiger partial charge in [-0.2, -0.15) is 0 Å². The quantitative estimate of drug-likeness (QED) is 0.506. The van der Waals surface area contributed by atoms with Crippen molar-refractivity contribution in [1.29, 1.82) is 0 Å². The van der Waals surface area contributed by atoms with Crippen molar-refractivity contribution in [3.8, 4) is 0 Å². The first-order valence-electron chi connectivity index (χ1n) is 3.41. The molecule has 0 aromatic rings. The molecular weight excluding hydrogens is 172 g/mol. The molecule has 0 unspecified atom stereocenters. The molecule has 0 aliphatic heterocycles. The molecule has 70 valence electrons. The number of carbonyl (C=O) groups is 2. The predicted molar refractivity (Wildman–Crippen MR) is 47.3 cm³/mol. The number of hydrogen-bond donors (Lipinski definition) is 2. The zero-order valence-corrected chi connectivity index (χ0v) is 7.20. The molecule has 0 rings (SSSR count). The average Bonchev–Trinajstić information content (AvgIpc) is 2.03. The molecule has 2 N–H and O–H groups in total. The Hall–Kier alpha value is -1.84. The number of carboxylic acid groups (broad SMARTS) is 2. The fourth-order valence-electron chi connectivity index (χ4n) is 0.745. The SMILES string of the molecule is C=C/C(C)=C(\C(=C)C(=O)O)C(=O)O. The first-order chi connectivity index (χ1) is 5.91. The minimum absolute atomic E-state index is 0.278. The van der Waals surface area contributed by atoms with Gasteiger partial charge < -0.3 is 10.2 Å². The van der Waals surface area contributed by atoms with E-state index >= 15 is 0 Å². The van der Waals surface area contributed by atoms with Gasteiger partial charge in [0.25, 0.3) is 0 Å². The summed E-state index contributed by atoms with van der Waals surface area (Å²) in [6, 6.07) is 0. The van der Waals surface area contributed by atoms with E-state index in [2.05, 4.69) is 13.2 Å². The normalized spacial score (nSPS) is 11.5. The molecule has 0 atom stereocenters. The summed E-state index contributed by atoms with van der Waals surface area (Å²) in [7, 11) is 0. The lowest BCUT2D eigenvalue weighted by Gasteiger charge is -2.03. The van der Waals surface area contributed by atoms with E-state index < -0.39 is 17.5 Å². The number of carboxylic acids is 2. The van der Waals surface area contributed by atoms with Crippen LogP contribution in [0.2, 0.25) is 0 Å². The molecule has 0 aliphatic rings. The van der Waals surface area contributed by atoms with E-state index in [1.165, 1.54) is 13.0 Å². The molecule has 0 aromatic carbocycles. The van der Waals surface area contributed by atoms with Crippen molar-refractivity contribution >= 4 is 11.9 Å². The summed E-state index contributed by atoms with van der Waals surface area (Å²) in [4.78, 5) is 21.1. The van der Waals surface area contributed by atoms with Crippen LogP contribution in [0.5, 0.6) is 0 Å². The Kier molecular flexibility index (Phi) is 3.65. The monoisotopic (exact) mass is 182 g/mol. The van der Waals surface area contributed by atoms with Crippen LogP contribution in [-0.2, 0) is 9.59 Å². The lowest BCUT2D eigenvalue weighted by atomic mass is 10.0. The van der Waals surface area contributed by atoms with Gasteiger partial charge in [-0.15, -0.1) is 0 Å². The van der Waals surface area contributed by atoms with Crippen LogP contribution in [-0.4, -0.2) is 22.2 Å². The van der Waals surface area contributed by atoms with Gasteiger partial charge in [0.05, 0.1) is 11.1 Å². The molecule has 0 aliphatic carbocycles. The van der Waals surface area contributed by atoms with Crippen LogP contribution in [0.4, 0.5) is 0 Å². The smallest absolute Gasteiger partial charge is 0.336 e.